The third kappa shape index (κ3) is 3.59. The predicted octanol–water partition coefficient (Wildman–Crippen LogP) is 3.24. The van der Waals surface area contributed by atoms with Gasteiger partial charge in [-0.2, -0.15) is 0 Å². The molecule has 1 atom stereocenters. The molecule has 1 aromatic heterocycles. The summed E-state index contributed by atoms with van der Waals surface area (Å²) < 4.78 is 10.5. The number of pyridine rings is 1. The molecule has 2 amide bonds. The van der Waals surface area contributed by atoms with Crippen LogP contribution in [0.15, 0.2) is 54.7 Å². The lowest BCUT2D eigenvalue weighted by atomic mass is 10.1. The van der Waals surface area contributed by atoms with E-state index in [0.717, 1.165) is 16.6 Å². The lowest BCUT2D eigenvalue weighted by Crippen LogP contribution is -2.28. The third-order valence-electron chi connectivity index (χ3n) is 5.05. The Kier molecular flexibility index (Phi) is 5.03. The summed E-state index contributed by atoms with van der Waals surface area (Å²) >= 11 is 0. The number of ether oxygens (including phenoxy) is 2. The monoisotopic (exact) mass is 391 g/mol. The van der Waals surface area contributed by atoms with Crippen LogP contribution in [0.1, 0.15) is 6.42 Å². The molecular weight excluding hydrogens is 370 g/mol. The van der Waals surface area contributed by atoms with Crippen molar-refractivity contribution in [1.82, 2.24) is 4.98 Å². The number of fused-ring (bicyclic) bond motifs is 1. The van der Waals surface area contributed by atoms with E-state index >= 15 is 0 Å². The Bertz CT molecular complexity index is 1080. The van der Waals surface area contributed by atoms with Crippen molar-refractivity contribution in [3.8, 4) is 11.5 Å². The van der Waals surface area contributed by atoms with Crippen LogP contribution in [0.25, 0.3) is 10.9 Å². The first-order chi connectivity index (χ1) is 14.1. The molecule has 3 aromatic rings. The Hall–Kier alpha value is -3.61. The number of carbonyl (C=O) groups is 2. The van der Waals surface area contributed by atoms with E-state index in [1.165, 1.54) is 7.11 Å². The number of rotatable bonds is 5. The fourth-order valence-electron chi connectivity index (χ4n) is 3.58. The second-order valence-corrected chi connectivity index (χ2v) is 6.82. The number of aromatic nitrogens is 1. The van der Waals surface area contributed by atoms with Crippen LogP contribution in [-0.2, 0) is 9.59 Å². The summed E-state index contributed by atoms with van der Waals surface area (Å²) in [6.07, 6.45) is 1.86. The minimum Gasteiger partial charge on any atom is -0.493 e. The number of hydrogen-bond acceptors (Lipinski definition) is 5. The summed E-state index contributed by atoms with van der Waals surface area (Å²) in [5.41, 5.74) is 2.07. The number of nitrogens with zero attached hydrogens (tertiary/aromatic N) is 2. The number of nitrogens with one attached hydrogen (secondary N) is 1. The molecule has 1 N–H and O–H groups in total. The molecule has 1 aliphatic heterocycles. The van der Waals surface area contributed by atoms with Crippen LogP contribution in [0, 0.1) is 5.92 Å². The zero-order valence-corrected chi connectivity index (χ0v) is 16.2. The highest BCUT2D eigenvalue weighted by Crippen LogP contribution is 2.32. The van der Waals surface area contributed by atoms with Crippen LogP contribution in [0.4, 0.5) is 11.4 Å². The maximum atomic E-state index is 12.8. The van der Waals surface area contributed by atoms with Gasteiger partial charge in [0.1, 0.15) is 0 Å². The van der Waals surface area contributed by atoms with Gasteiger partial charge in [0.05, 0.1) is 31.3 Å². The standard InChI is InChI=1S/C22H21N3O4/c1-28-18-9-8-16(12-19(18)29-2)24-22(27)15-11-20(26)25(13-15)17-7-3-5-14-6-4-10-23-21(14)17/h3-10,12,15H,11,13H2,1-2H3,(H,24,27). The lowest BCUT2D eigenvalue weighted by Gasteiger charge is -2.18. The molecule has 2 aromatic carbocycles. The number of anilines is 2. The molecular formula is C22H21N3O4. The number of para-hydroxylation sites is 1. The minimum atomic E-state index is -0.449. The molecule has 7 heteroatoms. The molecule has 0 spiro atoms. The van der Waals surface area contributed by atoms with Crippen molar-refractivity contribution in [2.75, 3.05) is 31.0 Å². The van der Waals surface area contributed by atoms with Crippen molar-refractivity contribution in [1.29, 1.82) is 0 Å². The Morgan fingerprint density at radius 2 is 1.90 bits per heavy atom. The molecule has 29 heavy (non-hydrogen) atoms. The second kappa shape index (κ2) is 7.79. The van der Waals surface area contributed by atoms with E-state index in [1.54, 1.807) is 36.4 Å². The molecule has 7 nitrogen and oxygen atoms in total. The van der Waals surface area contributed by atoms with E-state index in [2.05, 4.69) is 10.3 Å². The largest absolute Gasteiger partial charge is 0.493 e. The third-order valence-corrected chi connectivity index (χ3v) is 5.05. The fourth-order valence-corrected chi connectivity index (χ4v) is 3.58. The van der Waals surface area contributed by atoms with Gasteiger partial charge in [0.15, 0.2) is 11.5 Å². The summed E-state index contributed by atoms with van der Waals surface area (Å²) in [7, 11) is 3.09. The normalized spacial score (nSPS) is 16.1. The van der Waals surface area contributed by atoms with E-state index in [-0.39, 0.29) is 18.2 Å². The highest BCUT2D eigenvalue weighted by Gasteiger charge is 2.36. The van der Waals surface area contributed by atoms with Crippen LogP contribution in [-0.4, -0.2) is 37.6 Å². The molecule has 0 saturated carbocycles. The van der Waals surface area contributed by atoms with E-state index in [4.69, 9.17) is 9.47 Å². The Labute approximate surface area is 168 Å². The molecule has 2 heterocycles. The van der Waals surface area contributed by atoms with E-state index < -0.39 is 5.92 Å². The van der Waals surface area contributed by atoms with E-state index in [0.29, 0.717) is 23.7 Å². The Balaban J connectivity index is 1.52. The quantitative estimate of drug-likeness (QED) is 0.722. The van der Waals surface area contributed by atoms with Gasteiger partial charge in [0, 0.05) is 36.3 Å². The molecule has 148 valence electrons. The molecule has 1 unspecified atom stereocenters. The van der Waals surface area contributed by atoms with Gasteiger partial charge >= 0.3 is 0 Å². The molecule has 4 rings (SSSR count). The average Bonchev–Trinajstić information content (AvgIpc) is 3.14. The Morgan fingerprint density at radius 1 is 1.10 bits per heavy atom. The number of methoxy groups -OCH3 is 2. The predicted molar refractivity (Wildman–Crippen MR) is 110 cm³/mol. The lowest BCUT2D eigenvalue weighted by molar-refractivity contribution is -0.122. The maximum absolute atomic E-state index is 12.8. The maximum Gasteiger partial charge on any atom is 0.229 e. The summed E-state index contributed by atoms with van der Waals surface area (Å²) in [5.74, 6) is 0.360. The van der Waals surface area contributed by atoms with Crippen molar-refractivity contribution in [2.45, 2.75) is 6.42 Å². The van der Waals surface area contributed by atoms with E-state index in [9.17, 15) is 9.59 Å². The van der Waals surface area contributed by atoms with Crippen molar-refractivity contribution >= 4 is 34.1 Å². The molecule has 0 bridgehead atoms. The molecule has 1 aliphatic rings. The van der Waals surface area contributed by atoms with Gasteiger partial charge in [-0.05, 0) is 24.3 Å². The van der Waals surface area contributed by atoms with Crippen LogP contribution >= 0.6 is 0 Å². The van der Waals surface area contributed by atoms with Crippen LogP contribution in [0.2, 0.25) is 0 Å². The van der Waals surface area contributed by atoms with Crippen molar-refractivity contribution < 1.29 is 19.1 Å². The summed E-state index contributed by atoms with van der Waals surface area (Å²) in [6, 6.07) is 14.7. The van der Waals surface area contributed by atoms with Gasteiger partial charge in [-0.3, -0.25) is 14.6 Å². The highest BCUT2D eigenvalue weighted by atomic mass is 16.5. The number of amides is 2. The number of hydrogen-bond donors (Lipinski definition) is 1. The smallest absolute Gasteiger partial charge is 0.229 e. The minimum absolute atomic E-state index is 0.0874. The van der Waals surface area contributed by atoms with Crippen LogP contribution in [0.3, 0.4) is 0 Å². The first-order valence-corrected chi connectivity index (χ1v) is 9.27. The first-order valence-electron chi connectivity index (χ1n) is 9.27. The first kappa shape index (κ1) is 18.7. The molecule has 0 aliphatic carbocycles. The molecule has 1 fully saturated rings. The van der Waals surface area contributed by atoms with Gasteiger partial charge in [-0.1, -0.05) is 18.2 Å². The van der Waals surface area contributed by atoms with Gasteiger partial charge < -0.3 is 19.7 Å². The number of carbonyl (C=O) groups excluding carboxylic acids is 2. The van der Waals surface area contributed by atoms with Gasteiger partial charge in [0.25, 0.3) is 0 Å². The highest BCUT2D eigenvalue weighted by molar-refractivity contribution is 6.07. The topological polar surface area (TPSA) is 80.8 Å². The summed E-state index contributed by atoms with van der Waals surface area (Å²) in [4.78, 5) is 31.5. The summed E-state index contributed by atoms with van der Waals surface area (Å²) in [6.45, 7) is 0.313. The SMILES string of the molecule is COc1ccc(NC(=O)C2CC(=O)N(c3cccc4cccnc34)C2)cc1OC. The summed E-state index contributed by atoms with van der Waals surface area (Å²) in [5, 5.41) is 3.83. The fraction of sp³-hybridized carbons (Fsp3) is 0.227. The molecule has 0 radical (unpaired) electrons. The van der Waals surface area contributed by atoms with Crippen molar-refractivity contribution in [3.63, 3.8) is 0 Å². The average molecular weight is 391 g/mol. The van der Waals surface area contributed by atoms with Crippen LogP contribution in [0.5, 0.6) is 11.5 Å². The number of benzene rings is 2. The second-order valence-electron chi connectivity index (χ2n) is 6.82. The molecule has 1 saturated heterocycles. The zero-order valence-electron chi connectivity index (χ0n) is 16.2. The Morgan fingerprint density at radius 3 is 2.69 bits per heavy atom. The van der Waals surface area contributed by atoms with Gasteiger partial charge in [-0.25, -0.2) is 0 Å². The van der Waals surface area contributed by atoms with Crippen LogP contribution < -0.4 is 19.7 Å². The van der Waals surface area contributed by atoms with Crippen molar-refractivity contribution in [2.24, 2.45) is 5.92 Å². The van der Waals surface area contributed by atoms with E-state index in [1.807, 2.05) is 30.3 Å². The van der Waals surface area contributed by atoms with Gasteiger partial charge in [0.2, 0.25) is 11.8 Å². The zero-order chi connectivity index (χ0) is 20.4. The van der Waals surface area contributed by atoms with Gasteiger partial charge in [-0.15, -0.1) is 0 Å². The van der Waals surface area contributed by atoms with Crippen molar-refractivity contribution in [3.05, 3.63) is 54.7 Å².